The first kappa shape index (κ1) is 30.4. The average molecular weight is 625 g/mol. The summed E-state index contributed by atoms with van der Waals surface area (Å²) in [7, 11) is -4.39. The van der Waals surface area contributed by atoms with Crippen molar-refractivity contribution in [2.24, 2.45) is 0 Å². The van der Waals surface area contributed by atoms with Crippen LogP contribution in [-0.4, -0.2) is 57.5 Å². The van der Waals surface area contributed by atoms with E-state index in [1.165, 1.54) is 48.2 Å². The Morgan fingerprint density at radius 2 is 1.68 bits per heavy atom. The van der Waals surface area contributed by atoms with E-state index in [2.05, 4.69) is 5.32 Å². The highest BCUT2D eigenvalue weighted by Crippen LogP contribution is 2.34. The van der Waals surface area contributed by atoms with E-state index in [4.69, 9.17) is 32.7 Å². The number of carbonyl (C=O) groups is 2. The summed E-state index contributed by atoms with van der Waals surface area (Å²) < 4.78 is 53.6. The lowest BCUT2D eigenvalue weighted by Crippen LogP contribution is -2.51. The van der Waals surface area contributed by atoms with Gasteiger partial charge in [0.05, 0.1) is 10.6 Å². The monoisotopic (exact) mass is 623 g/mol. The second kappa shape index (κ2) is 13.0. The van der Waals surface area contributed by atoms with Crippen molar-refractivity contribution >= 4 is 50.7 Å². The number of nitrogens with one attached hydrogen (secondary N) is 1. The van der Waals surface area contributed by atoms with E-state index in [9.17, 15) is 22.4 Å². The van der Waals surface area contributed by atoms with Crippen LogP contribution in [0, 0.1) is 5.82 Å². The second-order valence-corrected chi connectivity index (χ2v) is 11.8. The van der Waals surface area contributed by atoms with Crippen LogP contribution >= 0.6 is 23.2 Å². The molecule has 0 aliphatic carbocycles. The Morgan fingerprint density at radius 1 is 1.00 bits per heavy atom. The molecule has 218 valence electrons. The third-order valence-electron chi connectivity index (χ3n) is 6.37. The number of hydrogen-bond donors (Lipinski definition) is 1. The Kier molecular flexibility index (Phi) is 9.62. The van der Waals surface area contributed by atoms with Gasteiger partial charge in [-0.05, 0) is 67.9 Å². The van der Waals surface area contributed by atoms with Crippen LogP contribution in [0.25, 0.3) is 0 Å². The maximum atomic E-state index is 14.0. The number of likely N-dealkylation sites (N-methyl/N-ethyl adjacent to an activating group) is 1. The van der Waals surface area contributed by atoms with Gasteiger partial charge in [-0.1, -0.05) is 29.3 Å². The Balaban J connectivity index is 1.73. The molecule has 13 heteroatoms. The van der Waals surface area contributed by atoms with Crippen LogP contribution in [0.5, 0.6) is 11.5 Å². The number of rotatable bonds is 10. The predicted octanol–water partition coefficient (Wildman–Crippen LogP) is 4.65. The molecule has 1 heterocycles. The Morgan fingerprint density at radius 3 is 2.34 bits per heavy atom. The molecule has 0 spiro atoms. The van der Waals surface area contributed by atoms with Gasteiger partial charge >= 0.3 is 0 Å². The number of nitrogens with zero attached hydrogens (tertiary/aromatic N) is 2. The highest BCUT2D eigenvalue weighted by Gasteiger charge is 2.33. The summed E-state index contributed by atoms with van der Waals surface area (Å²) in [6.45, 7) is 3.37. The fourth-order valence-corrected chi connectivity index (χ4v) is 6.08. The number of hydrogen-bond acceptors (Lipinski definition) is 6. The van der Waals surface area contributed by atoms with E-state index in [1.807, 2.05) is 0 Å². The van der Waals surface area contributed by atoms with Gasteiger partial charge in [-0.2, -0.15) is 0 Å². The number of anilines is 1. The number of ether oxygens (including phenoxy) is 2. The summed E-state index contributed by atoms with van der Waals surface area (Å²) in [6.07, 6.45) is 0. The van der Waals surface area contributed by atoms with Crippen molar-refractivity contribution in [3.63, 3.8) is 0 Å². The molecule has 1 N–H and O–H groups in total. The summed E-state index contributed by atoms with van der Waals surface area (Å²) in [4.78, 5) is 27.8. The SMILES string of the molecule is CCNC(=O)C(C)N(Cc1ccc(Cl)cc1Cl)C(=O)CN(c1ccc(F)cc1)S(=O)(=O)c1ccc2c(c1)OCCO2. The third-order valence-corrected chi connectivity index (χ3v) is 8.73. The second-order valence-electron chi connectivity index (χ2n) is 9.12. The van der Waals surface area contributed by atoms with Gasteiger partial charge in [0.15, 0.2) is 11.5 Å². The average Bonchev–Trinajstić information content (AvgIpc) is 2.95. The first-order chi connectivity index (χ1) is 19.5. The third kappa shape index (κ3) is 7.03. The molecule has 1 atom stereocenters. The van der Waals surface area contributed by atoms with Crippen molar-refractivity contribution in [2.75, 3.05) is 30.6 Å². The first-order valence-corrected chi connectivity index (χ1v) is 14.9. The van der Waals surface area contributed by atoms with Crippen molar-refractivity contribution in [1.29, 1.82) is 0 Å². The molecule has 0 saturated heterocycles. The fraction of sp³-hybridized carbons (Fsp3) is 0.286. The molecular formula is C28H28Cl2FN3O6S. The van der Waals surface area contributed by atoms with Gasteiger partial charge < -0.3 is 19.7 Å². The highest BCUT2D eigenvalue weighted by atomic mass is 35.5. The van der Waals surface area contributed by atoms with Crippen molar-refractivity contribution in [3.05, 3.63) is 82.1 Å². The minimum atomic E-state index is -4.39. The van der Waals surface area contributed by atoms with Crippen molar-refractivity contribution < 1.29 is 31.9 Å². The molecule has 1 aliphatic heterocycles. The Hall–Kier alpha value is -3.54. The summed E-state index contributed by atoms with van der Waals surface area (Å²) >= 11 is 12.4. The van der Waals surface area contributed by atoms with E-state index < -0.39 is 40.2 Å². The molecule has 0 aromatic heterocycles. The number of sulfonamides is 1. The molecule has 9 nitrogen and oxygen atoms in total. The van der Waals surface area contributed by atoms with E-state index >= 15 is 0 Å². The van der Waals surface area contributed by atoms with Gasteiger partial charge in [0, 0.05) is 29.2 Å². The van der Waals surface area contributed by atoms with Crippen molar-refractivity contribution in [1.82, 2.24) is 10.2 Å². The maximum absolute atomic E-state index is 14.0. The number of benzene rings is 3. The zero-order valence-corrected chi connectivity index (χ0v) is 24.6. The molecule has 4 rings (SSSR count). The van der Waals surface area contributed by atoms with Gasteiger partial charge in [0.25, 0.3) is 10.0 Å². The molecule has 1 aliphatic rings. The number of amides is 2. The molecule has 0 saturated carbocycles. The van der Waals surface area contributed by atoms with Crippen LogP contribution in [-0.2, 0) is 26.2 Å². The van der Waals surface area contributed by atoms with E-state index in [1.54, 1.807) is 19.1 Å². The molecule has 1 unspecified atom stereocenters. The Bertz CT molecular complexity index is 1540. The number of fused-ring (bicyclic) bond motifs is 1. The van der Waals surface area contributed by atoms with Crippen molar-refractivity contribution in [2.45, 2.75) is 31.3 Å². The fourth-order valence-electron chi connectivity index (χ4n) is 4.19. The molecule has 3 aromatic carbocycles. The summed E-state index contributed by atoms with van der Waals surface area (Å²) in [5, 5.41) is 3.35. The van der Waals surface area contributed by atoms with Crippen LogP contribution in [0.3, 0.4) is 0 Å². The molecule has 0 fully saturated rings. The van der Waals surface area contributed by atoms with Crippen LogP contribution in [0.15, 0.2) is 65.6 Å². The van der Waals surface area contributed by atoms with E-state index in [-0.39, 0.29) is 34.5 Å². The quantitative estimate of drug-likeness (QED) is 0.352. The van der Waals surface area contributed by atoms with E-state index in [0.29, 0.717) is 29.5 Å². The number of carbonyl (C=O) groups excluding carboxylic acids is 2. The zero-order valence-electron chi connectivity index (χ0n) is 22.3. The molecule has 0 bridgehead atoms. The smallest absolute Gasteiger partial charge is 0.264 e. The molecule has 0 radical (unpaired) electrons. The predicted molar refractivity (Wildman–Crippen MR) is 154 cm³/mol. The van der Waals surface area contributed by atoms with Gasteiger partial charge in [0.1, 0.15) is 31.6 Å². The van der Waals surface area contributed by atoms with Crippen LogP contribution in [0.2, 0.25) is 10.0 Å². The number of halogens is 3. The summed E-state index contributed by atoms with van der Waals surface area (Å²) in [6, 6.07) is 12.6. The van der Waals surface area contributed by atoms with Gasteiger partial charge in [-0.15, -0.1) is 0 Å². The minimum absolute atomic E-state index is 0.0461. The molecule has 2 amide bonds. The normalized spacial score (nSPS) is 13.3. The first-order valence-electron chi connectivity index (χ1n) is 12.7. The lowest BCUT2D eigenvalue weighted by Gasteiger charge is -2.32. The van der Waals surface area contributed by atoms with Crippen LogP contribution < -0.4 is 19.1 Å². The highest BCUT2D eigenvalue weighted by molar-refractivity contribution is 7.92. The lowest BCUT2D eigenvalue weighted by atomic mass is 10.1. The van der Waals surface area contributed by atoms with Gasteiger partial charge in [-0.3, -0.25) is 13.9 Å². The zero-order chi connectivity index (χ0) is 29.7. The van der Waals surface area contributed by atoms with Gasteiger partial charge in [0.2, 0.25) is 11.8 Å². The topological polar surface area (TPSA) is 105 Å². The lowest BCUT2D eigenvalue weighted by molar-refractivity contribution is -0.139. The Labute approximate surface area is 247 Å². The van der Waals surface area contributed by atoms with Crippen LogP contribution in [0.4, 0.5) is 10.1 Å². The molecular weight excluding hydrogens is 596 g/mol. The van der Waals surface area contributed by atoms with Crippen LogP contribution in [0.1, 0.15) is 19.4 Å². The minimum Gasteiger partial charge on any atom is -0.486 e. The van der Waals surface area contributed by atoms with Gasteiger partial charge in [-0.25, -0.2) is 12.8 Å². The summed E-state index contributed by atoms with van der Waals surface area (Å²) in [5.74, 6) is -1.08. The molecule has 41 heavy (non-hydrogen) atoms. The summed E-state index contributed by atoms with van der Waals surface area (Å²) in [5.41, 5.74) is 0.549. The maximum Gasteiger partial charge on any atom is 0.264 e. The van der Waals surface area contributed by atoms with E-state index in [0.717, 1.165) is 16.4 Å². The molecule has 3 aromatic rings. The van der Waals surface area contributed by atoms with Crippen molar-refractivity contribution in [3.8, 4) is 11.5 Å². The largest absolute Gasteiger partial charge is 0.486 e. The standard InChI is InChI=1S/C28H28Cl2FN3O6S/c1-3-32-28(36)18(2)33(16-19-4-5-20(29)14-24(19)30)27(35)17-34(22-8-6-21(31)7-9-22)41(37,38)23-10-11-25-26(15-23)40-13-12-39-25/h4-11,14-15,18H,3,12-13,16-17H2,1-2H3,(H,32,36).